The Morgan fingerprint density at radius 3 is 0.600 bits per heavy atom. The third-order valence-corrected chi connectivity index (χ3v) is 30.0. The summed E-state index contributed by atoms with van der Waals surface area (Å²) in [5, 5.41) is 4.55. The Kier molecular flexibility index (Phi) is 24.6. The van der Waals surface area contributed by atoms with Crippen molar-refractivity contribution in [1.29, 1.82) is 0 Å². The van der Waals surface area contributed by atoms with Crippen molar-refractivity contribution < 1.29 is 0 Å². The Bertz CT molecular complexity index is 3410. The van der Waals surface area contributed by atoms with Crippen molar-refractivity contribution in [1.82, 2.24) is 0 Å². The Morgan fingerprint density at radius 2 is 0.440 bits per heavy atom. The predicted molar refractivity (Wildman–Crippen MR) is 442 cm³/mol. The van der Waals surface area contributed by atoms with Crippen LogP contribution in [0.4, 0.5) is 0 Å². The van der Waals surface area contributed by atoms with Crippen LogP contribution in [-0.2, 0) is 21.7 Å². The molecule has 0 radical (unpaired) electrons. The first kappa shape index (κ1) is 77.4. The lowest BCUT2D eigenvalue weighted by atomic mass is 9.32. The largest absolute Gasteiger partial charge is 0.148 e. The molecule has 1 heteroatoms. The van der Waals surface area contributed by atoms with Gasteiger partial charge in [-0.25, -0.2) is 0 Å². The van der Waals surface area contributed by atoms with Gasteiger partial charge in [0.1, 0.15) is 8.07 Å². The molecule has 0 aromatic heterocycles. The summed E-state index contributed by atoms with van der Waals surface area (Å²) in [4.78, 5) is 0. The van der Waals surface area contributed by atoms with Gasteiger partial charge in [-0.2, -0.15) is 0 Å². The number of hydrogen-bond donors (Lipinski definition) is 0. The van der Waals surface area contributed by atoms with Crippen LogP contribution in [-0.4, -0.2) is 8.07 Å². The smallest absolute Gasteiger partial charge is 0.0776 e. The van der Waals surface area contributed by atoms with E-state index in [4.69, 9.17) is 0 Å². The molecule has 4 aliphatic rings. The van der Waals surface area contributed by atoms with E-state index in [0.717, 1.165) is 12.5 Å². The molecule has 0 spiro atoms. The van der Waals surface area contributed by atoms with Gasteiger partial charge in [-0.05, 0) is 225 Å². The van der Waals surface area contributed by atoms with E-state index < -0.39 is 8.07 Å². The fourth-order valence-electron chi connectivity index (χ4n) is 18.9. The molecule has 0 aliphatic heterocycles. The van der Waals surface area contributed by atoms with Crippen molar-refractivity contribution in [3.05, 3.63) is 302 Å². The summed E-state index contributed by atoms with van der Waals surface area (Å²) in [6, 6.07) is 87.5. The van der Waals surface area contributed by atoms with E-state index in [9.17, 15) is 0 Å². The molecule has 9 aromatic rings. The molecule has 9 aromatic carbocycles. The van der Waals surface area contributed by atoms with Crippen LogP contribution in [0, 0.1) is 5.41 Å². The van der Waals surface area contributed by atoms with Crippen LogP contribution in [0.25, 0.3) is 0 Å². The molecule has 100 heavy (non-hydrogen) atoms. The second kappa shape index (κ2) is 31.8. The second-order valence-corrected chi connectivity index (χ2v) is 38.5. The van der Waals surface area contributed by atoms with E-state index in [-0.39, 0.29) is 29.1 Å². The highest BCUT2D eigenvalue weighted by Crippen LogP contribution is 2.75. The monoisotopic (exact) mass is 1350 g/mol. The average Bonchev–Trinajstić information content (AvgIpc) is 0.671. The summed E-state index contributed by atoms with van der Waals surface area (Å²) in [6.45, 7) is 48.3. The fraction of sp³-hybridized carbons (Fsp3) is 0.455. The Balaban J connectivity index is 0.000000177. The molecule has 13 rings (SSSR count). The molecule has 0 N–H and O–H groups in total. The molecular formula is C99H130Si. The third-order valence-electron chi connectivity index (χ3n) is 25.0. The highest BCUT2D eigenvalue weighted by atomic mass is 28.3. The normalized spacial score (nSPS) is 19.6. The Labute approximate surface area is 612 Å². The maximum absolute atomic E-state index is 2.52. The van der Waals surface area contributed by atoms with Crippen LogP contribution >= 0.6 is 0 Å². The van der Waals surface area contributed by atoms with Gasteiger partial charge in [0.15, 0.2) is 0 Å². The fourth-order valence-corrected chi connectivity index (χ4v) is 23.4. The lowest BCUT2D eigenvalue weighted by molar-refractivity contribution is -0.109. The molecule has 4 saturated carbocycles. The van der Waals surface area contributed by atoms with Gasteiger partial charge in [0.05, 0.1) is 0 Å². The summed E-state index contributed by atoms with van der Waals surface area (Å²) in [7, 11) is -2.07. The van der Waals surface area contributed by atoms with Crippen LogP contribution in [0.5, 0.6) is 0 Å². The third kappa shape index (κ3) is 15.6. The zero-order valence-electron chi connectivity index (χ0n) is 65.3. The minimum absolute atomic E-state index is 0. The zero-order valence-corrected chi connectivity index (χ0v) is 66.3. The minimum Gasteiger partial charge on any atom is -0.0776 e. The molecule has 0 saturated heterocycles. The van der Waals surface area contributed by atoms with Crippen molar-refractivity contribution >= 4 is 23.6 Å². The molecule has 4 aliphatic carbocycles. The van der Waals surface area contributed by atoms with Gasteiger partial charge in [0.25, 0.3) is 0 Å². The van der Waals surface area contributed by atoms with Gasteiger partial charge in [-0.1, -0.05) is 378 Å². The molecule has 0 unspecified atom stereocenters. The van der Waals surface area contributed by atoms with Gasteiger partial charge in [-0.3, -0.25) is 0 Å². The molecule has 0 atom stereocenters. The lowest BCUT2D eigenvalue weighted by Crippen LogP contribution is -2.66. The highest BCUT2D eigenvalue weighted by molar-refractivity contribution is 7.11. The summed E-state index contributed by atoms with van der Waals surface area (Å²) in [6.07, 6.45) is 10.3. The van der Waals surface area contributed by atoms with Crippen molar-refractivity contribution in [2.75, 3.05) is 0 Å². The van der Waals surface area contributed by atoms with Crippen LogP contribution in [0.2, 0.25) is 6.04 Å². The number of benzene rings is 9. The molecule has 0 heterocycles. The topological polar surface area (TPSA) is 0 Å². The van der Waals surface area contributed by atoms with E-state index in [2.05, 4.69) is 364 Å². The summed E-state index contributed by atoms with van der Waals surface area (Å²) >= 11 is 0. The van der Waals surface area contributed by atoms with E-state index in [1.807, 2.05) is 0 Å². The van der Waals surface area contributed by atoms with E-state index in [1.54, 1.807) is 16.7 Å². The Morgan fingerprint density at radius 1 is 0.260 bits per heavy atom. The molecule has 530 valence electrons. The van der Waals surface area contributed by atoms with Gasteiger partial charge < -0.3 is 0 Å². The zero-order chi connectivity index (χ0) is 71.4. The molecular weight excluding hydrogens is 1220 g/mol. The second-order valence-electron chi connectivity index (χ2n) is 34.3. The van der Waals surface area contributed by atoms with Crippen molar-refractivity contribution in [3.8, 4) is 0 Å². The molecule has 0 nitrogen and oxygen atoms in total. The summed E-state index contributed by atoms with van der Waals surface area (Å²) in [5.41, 5.74) is 22.8. The van der Waals surface area contributed by atoms with E-state index >= 15 is 0 Å². The quantitative estimate of drug-likeness (QED) is 0.0497. The number of rotatable bonds is 21. The van der Waals surface area contributed by atoms with Crippen molar-refractivity contribution in [3.63, 3.8) is 0 Å². The first-order valence-electron chi connectivity index (χ1n) is 39.1. The highest BCUT2D eigenvalue weighted by Gasteiger charge is 2.68. The van der Waals surface area contributed by atoms with Gasteiger partial charge in [0.2, 0.25) is 0 Å². The van der Waals surface area contributed by atoms with Crippen LogP contribution < -0.4 is 15.6 Å². The summed E-state index contributed by atoms with van der Waals surface area (Å²) < 4.78 is 0. The summed E-state index contributed by atoms with van der Waals surface area (Å²) in [5.74, 6) is 5.06. The van der Waals surface area contributed by atoms with Crippen LogP contribution in [0.15, 0.2) is 218 Å². The van der Waals surface area contributed by atoms with Crippen molar-refractivity contribution in [2.24, 2.45) is 5.41 Å². The lowest BCUT2D eigenvalue weighted by Gasteiger charge is -2.71. The van der Waals surface area contributed by atoms with Gasteiger partial charge in [-0.15, -0.1) is 0 Å². The average molecular weight is 1350 g/mol. The van der Waals surface area contributed by atoms with Crippen molar-refractivity contribution in [2.45, 2.75) is 285 Å². The number of hydrogen-bond acceptors (Lipinski definition) is 0. The van der Waals surface area contributed by atoms with Crippen LogP contribution in [0.1, 0.15) is 341 Å². The molecule has 4 bridgehead atoms. The van der Waals surface area contributed by atoms with E-state index in [1.165, 1.54) is 127 Å². The SMILES string of the molecule is C.CCC(c1ccc(C(C)C)cc1)(c1ccc(C(C)C)cc1)c1ccc(C(C)C)cc1.CCC12CC3(c4ccc(C(C)C)cc4)CC(c4ccc(C(C)C)cc4)(C1)CC(c1ccc(C(C)C)cc1)(C2)C3.CC[Si](c1ccc(C(C)C)cc1)(c1ccc(C(C)C)cc1)c1ccc(C(C)C)cc1. The first-order chi connectivity index (χ1) is 47.1. The first-order valence-corrected chi connectivity index (χ1v) is 41.3. The van der Waals surface area contributed by atoms with Gasteiger partial charge in [0, 0.05) is 5.41 Å². The van der Waals surface area contributed by atoms with E-state index in [0.29, 0.717) is 58.7 Å². The minimum atomic E-state index is -2.07. The molecule has 4 fully saturated rings. The maximum atomic E-state index is 2.52. The standard InChI is InChI=1S/C39H50.C30H38.C29H38Si.CH4/c1-8-36-21-37(33-15-9-30(10-16-33)27(2)3)24-38(22-36,34-17-11-31(12-18-34)28(4)5)26-39(23-36,25-37)35-19-13-32(14-20-35)29(6)7;2*1-8-30(27-15-9-24(10-16-27)21(2)3,28-17-11-25(12-18-28)22(4)5)29-19-13-26(14-20-29)23(6)7;/h9-20,27-29H,8,21-26H2,1-7H3;2*9-23H,8H2,1-7H3;1H4. The van der Waals surface area contributed by atoms with Crippen LogP contribution in [0.3, 0.4) is 0 Å². The molecule has 0 amide bonds. The Hall–Kier alpha value is -6.80. The van der Waals surface area contributed by atoms with Gasteiger partial charge >= 0.3 is 0 Å². The predicted octanol–water partition coefficient (Wildman–Crippen LogP) is 26.9. The maximum Gasteiger partial charge on any atom is 0.148 e.